The first kappa shape index (κ1) is 13.3. The van der Waals surface area contributed by atoms with Crippen LogP contribution in [0.2, 0.25) is 5.02 Å². The molecule has 1 N–H and O–H groups in total. The lowest BCUT2D eigenvalue weighted by Crippen LogP contribution is -2.11. The van der Waals surface area contributed by atoms with Crippen LogP contribution in [0, 0.1) is 0 Å². The van der Waals surface area contributed by atoms with E-state index in [2.05, 4.69) is 25.2 Å². The molecule has 1 aromatic carbocycles. The van der Waals surface area contributed by atoms with Crippen LogP contribution in [0.15, 0.2) is 12.1 Å². The van der Waals surface area contributed by atoms with E-state index in [1.807, 2.05) is 13.1 Å². The Labute approximate surface area is 103 Å². The molecule has 0 bridgehead atoms. The summed E-state index contributed by atoms with van der Waals surface area (Å²) < 4.78 is 5.40. The zero-order valence-electron chi connectivity index (χ0n) is 10.4. The summed E-state index contributed by atoms with van der Waals surface area (Å²) in [6.45, 7) is 5.19. The Morgan fingerprint density at radius 2 is 2.06 bits per heavy atom. The number of hydrogen-bond donors (Lipinski definition) is 1. The third kappa shape index (κ3) is 3.13. The van der Waals surface area contributed by atoms with Crippen molar-refractivity contribution in [2.24, 2.45) is 0 Å². The van der Waals surface area contributed by atoms with Gasteiger partial charge in [0.25, 0.3) is 0 Å². The summed E-state index contributed by atoms with van der Waals surface area (Å²) >= 11 is 6.26. The second-order valence-corrected chi connectivity index (χ2v) is 4.60. The van der Waals surface area contributed by atoms with Crippen LogP contribution in [0.25, 0.3) is 0 Å². The normalized spacial score (nSPS) is 10.9. The van der Waals surface area contributed by atoms with Crippen molar-refractivity contribution in [3.05, 3.63) is 28.3 Å². The summed E-state index contributed by atoms with van der Waals surface area (Å²) in [5.74, 6) is 1.35. The van der Waals surface area contributed by atoms with Gasteiger partial charge in [-0.15, -0.1) is 0 Å². The summed E-state index contributed by atoms with van der Waals surface area (Å²) in [6.07, 6.45) is 0.928. The Morgan fingerprint density at radius 3 is 2.56 bits per heavy atom. The lowest BCUT2D eigenvalue weighted by atomic mass is 9.99. The molecule has 0 heterocycles. The molecule has 16 heavy (non-hydrogen) atoms. The quantitative estimate of drug-likeness (QED) is 0.855. The molecule has 0 saturated carbocycles. The Morgan fingerprint density at radius 1 is 1.38 bits per heavy atom. The van der Waals surface area contributed by atoms with E-state index in [0.717, 1.165) is 34.9 Å². The van der Waals surface area contributed by atoms with Gasteiger partial charge in [-0.3, -0.25) is 0 Å². The molecule has 0 unspecified atom stereocenters. The van der Waals surface area contributed by atoms with E-state index >= 15 is 0 Å². The zero-order chi connectivity index (χ0) is 12.1. The number of nitrogens with one attached hydrogen (secondary N) is 1. The number of hydrogen-bond acceptors (Lipinski definition) is 2. The molecule has 0 aliphatic rings. The van der Waals surface area contributed by atoms with E-state index in [-0.39, 0.29) is 0 Å². The maximum absolute atomic E-state index is 6.26. The number of likely N-dealkylation sites (N-methyl/N-ethyl adjacent to an activating group) is 1. The zero-order valence-corrected chi connectivity index (χ0v) is 11.2. The van der Waals surface area contributed by atoms with Gasteiger partial charge in [-0.2, -0.15) is 0 Å². The highest BCUT2D eigenvalue weighted by Crippen LogP contribution is 2.31. The minimum atomic E-state index is 0.416. The third-order valence-corrected chi connectivity index (χ3v) is 2.99. The second-order valence-electron chi connectivity index (χ2n) is 4.19. The van der Waals surface area contributed by atoms with E-state index in [1.165, 1.54) is 0 Å². The molecular weight excluding hydrogens is 222 g/mol. The molecule has 2 nitrogen and oxygen atoms in total. The first-order valence-electron chi connectivity index (χ1n) is 5.61. The topological polar surface area (TPSA) is 21.3 Å². The van der Waals surface area contributed by atoms with Gasteiger partial charge in [0.05, 0.1) is 7.11 Å². The van der Waals surface area contributed by atoms with Gasteiger partial charge in [0, 0.05) is 5.02 Å². The lowest BCUT2D eigenvalue weighted by Gasteiger charge is -2.14. The highest BCUT2D eigenvalue weighted by Gasteiger charge is 2.11. The van der Waals surface area contributed by atoms with Crippen LogP contribution in [-0.4, -0.2) is 20.7 Å². The predicted octanol–water partition coefficient (Wildman–Crippen LogP) is 3.23. The molecular formula is C13H20ClNO. The first-order valence-corrected chi connectivity index (χ1v) is 5.98. The molecule has 0 fully saturated rings. The molecule has 1 aromatic rings. The van der Waals surface area contributed by atoms with E-state index in [9.17, 15) is 0 Å². The van der Waals surface area contributed by atoms with Crippen LogP contribution in [0.5, 0.6) is 5.75 Å². The van der Waals surface area contributed by atoms with Crippen molar-refractivity contribution in [3.8, 4) is 5.75 Å². The molecule has 0 radical (unpaired) electrons. The third-order valence-electron chi connectivity index (χ3n) is 2.67. The molecule has 0 amide bonds. The standard InChI is InChI=1S/C13H20ClNO/c1-9(2)11-8-13(16-4)10(5-6-15-3)7-12(11)14/h7-9,15H,5-6H2,1-4H3. The van der Waals surface area contributed by atoms with Crippen molar-refractivity contribution in [3.63, 3.8) is 0 Å². The first-order chi connectivity index (χ1) is 7.60. The lowest BCUT2D eigenvalue weighted by molar-refractivity contribution is 0.408. The van der Waals surface area contributed by atoms with Gasteiger partial charge in [0.1, 0.15) is 5.75 Å². The van der Waals surface area contributed by atoms with Crippen molar-refractivity contribution in [2.45, 2.75) is 26.2 Å². The SMILES string of the molecule is CNCCc1cc(Cl)c(C(C)C)cc1OC. The number of ether oxygens (including phenoxy) is 1. The average Bonchev–Trinajstić information content (AvgIpc) is 2.25. The Hall–Kier alpha value is -0.730. The van der Waals surface area contributed by atoms with Gasteiger partial charge in [-0.25, -0.2) is 0 Å². The summed E-state index contributed by atoms with van der Waals surface area (Å²) in [5.41, 5.74) is 2.30. The highest BCUT2D eigenvalue weighted by atomic mass is 35.5. The average molecular weight is 242 g/mol. The fourth-order valence-corrected chi connectivity index (χ4v) is 2.10. The second kappa shape index (κ2) is 6.12. The van der Waals surface area contributed by atoms with Crippen molar-refractivity contribution in [1.29, 1.82) is 0 Å². The van der Waals surface area contributed by atoms with E-state index < -0.39 is 0 Å². The molecule has 3 heteroatoms. The summed E-state index contributed by atoms with van der Waals surface area (Å²) in [4.78, 5) is 0. The monoisotopic (exact) mass is 241 g/mol. The maximum atomic E-state index is 6.26. The van der Waals surface area contributed by atoms with Gasteiger partial charge >= 0.3 is 0 Å². The molecule has 0 aliphatic heterocycles. The molecule has 0 aliphatic carbocycles. The van der Waals surface area contributed by atoms with Crippen LogP contribution in [0.3, 0.4) is 0 Å². The largest absolute Gasteiger partial charge is 0.496 e. The van der Waals surface area contributed by atoms with Crippen molar-refractivity contribution in [1.82, 2.24) is 5.32 Å². The van der Waals surface area contributed by atoms with Crippen LogP contribution in [0.1, 0.15) is 30.9 Å². The number of methoxy groups -OCH3 is 1. The van der Waals surface area contributed by atoms with Crippen molar-refractivity contribution < 1.29 is 4.74 Å². The summed E-state index contributed by atoms with van der Waals surface area (Å²) in [5, 5.41) is 3.96. The van der Waals surface area contributed by atoms with Crippen molar-refractivity contribution >= 4 is 11.6 Å². The predicted molar refractivity (Wildman–Crippen MR) is 69.7 cm³/mol. The summed E-state index contributed by atoms with van der Waals surface area (Å²) in [7, 11) is 3.65. The molecule has 0 atom stereocenters. The molecule has 0 saturated heterocycles. The van der Waals surface area contributed by atoms with Crippen LogP contribution >= 0.6 is 11.6 Å². The number of benzene rings is 1. The summed E-state index contributed by atoms with van der Waals surface area (Å²) in [6, 6.07) is 4.07. The smallest absolute Gasteiger partial charge is 0.122 e. The van der Waals surface area contributed by atoms with Crippen LogP contribution < -0.4 is 10.1 Å². The Balaban J connectivity index is 3.05. The minimum absolute atomic E-state index is 0.416. The minimum Gasteiger partial charge on any atom is -0.496 e. The Kier molecular flexibility index (Phi) is 5.10. The van der Waals surface area contributed by atoms with Gasteiger partial charge in [-0.05, 0) is 49.2 Å². The number of rotatable bonds is 5. The van der Waals surface area contributed by atoms with Gasteiger partial charge in [0.15, 0.2) is 0 Å². The van der Waals surface area contributed by atoms with E-state index in [0.29, 0.717) is 5.92 Å². The van der Waals surface area contributed by atoms with Gasteiger partial charge < -0.3 is 10.1 Å². The number of halogens is 1. The molecule has 90 valence electrons. The fraction of sp³-hybridized carbons (Fsp3) is 0.538. The van der Waals surface area contributed by atoms with E-state index in [1.54, 1.807) is 7.11 Å². The van der Waals surface area contributed by atoms with Gasteiger partial charge in [0.2, 0.25) is 0 Å². The maximum Gasteiger partial charge on any atom is 0.122 e. The molecule has 0 spiro atoms. The highest BCUT2D eigenvalue weighted by molar-refractivity contribution is 6.31. The Bertz CT molecular complexity index is 350. The van der Waals surface area contributed by atoms with E-state index in [4.69, 9.17) is 16.3 Å². The molecule has 0 aromatic heterocycles. The van der Waals surface area contributed by atoms with Crippen molar-refractivity contribution in [2.75, 3.05) is 20.7 Å². The van der Waals surface area contributed by atoms with Crippen LogP contribution in [-0.2, 0) is 6.42 Å². The fourth-order valence-electron chi connectivity index (χ4n) is 1.70. The van der Waals surface area contributed by atoms with Crippen LogP contribution in [0.4, 0.5) is 0 Å². The van der Waals surface area contributed by atoms with Gasteiger partial charge in [-0.1, -0.05) is 25.4 Å². The molecule has 1 rings (SSSR count).